The van der Waals surface area contributed by atoms with Gasteiger partial charge in [-0.05, 0) is 38.4 Å². The van der Waals surface area contributed by atoms with Gasteiger partial charge in [-0.1, -0.05) is 18.2 Å². The molecule has 0 heterocycles. The molecule has 1 N–H and O–H groups in total. The fourth-order valence-corrected chi connectivity index (χ4v) is 1.61. The summed E-state index contributed by atoms with van der Waals surface area (Å²) in [5.41, 5.74) is 0.0366. The zero-order valence-corrected chi connectivity index (χ0v) is 11.3. The molecule has 0 aliphatic carbocycles. The van der Waals surface area contributed by atoms with Crippen LogP contribution in [0.1, 0.15) is 31.4 Å². The van der Waals surface area contributed by atoms with Crippen molar-refractivity contribution < 1.29 is 17.9 Å². The molecule has 0 saturated heterocycles. The summed E-state index contributed by atoms with van der Waals surface area (Å²) in [6, 6.07) is 5.38. The fraction of sp³-hybridized carbons (Fsp3) is 0.571. The van der Waals surface area contributed by atoms with Crippen LogP contribution in [0.3, 0.4) is 0 Å². The molecule has 1 aromatic rings. The number of ether oxygens (including phenoxy) is 1. The lowest BCUT2D eigenvalue weighted by Crippen LogP contribution is -2.17. The number of hydrogen-bond donors (Lipinski definition) is 1. The molecule has 2 nitrogen and oxygen atoms in total. The minimum absolute atomic E-state index is 0.212. The number of nitrogens with one attached hydrogen (secondary N) is 1. The van der Waals surface area contributed by atoms with Crippen LogP contribution in [0.15, 0.2) is 24.3 Å². The molecule has 108 valence electrons. The van der Waals surface area contributed by atoms with Crippen molar-refractivity contribution in [2.24, 2.45) is 0 Å². The number of halogens is 3. The lowest BCUT2D eigenvalue weighted by molar-refractivity contribution is -0.137. The van der Waals surface area contributed by atoms with Gasteiger partial charge in [0.15, 0.2) is 0 Å². The van der Waals surface area contributed by atoms with Crippen molar-refractivity contribution >= 4 is 0 Å². The smallest absolute Gasteiger partial charge is 0.379 e. The summed E-state index contributed by atoms with van der Waals surface area (Å²) in [6.07, 6.45) is -3.22. The lowest BCUT2D eigenvalue weighted by atomic mass is 10.1. The number of alkyl halides is 3. The molecule has 1 aromatic carbocycles. The van der Waals surface area contributed by atoms with E-state index in [9.17, 15) is 13.2 Å². The van der Waals surface area contributed by atoms with Crippen molar-refractivity contribution in [3.63, 3.8) is 0 Å². The maximum atomic E-state index is 12.5. The molecule has 1 rings (SSSR count). The van der Waals surface area contributed by atoms with E-state index in [4.69, 9.17) is 4.74 Å². The molecule has 0 aromatic heterocycles. The molecular weight excluding hydrogens is 255 g/mol. The molecule has 0 aliphatic rings. The SMILES string of the molecule is CC(C)OCCCNCc1cccc(C(F)(F)F)c1. The second kappa shape index (κ2) is 7.50. The van der Waals surface area contributed by atoms with E-state index >= 15 is 0 Å². The van der Waals surface area contributed by atoms with Crippen LogP contribution in [0, 0.1) is 0 Å². The third-order valence-electron chi connectivity index (χ3n) is 2.53. The number of rotatable bonds is 7. The quantitative estimate of drug-likeness (QED) is 0.768. The van der Waals surface area contributed by atoms with Crippen molar-refractivity contribution in [1.29, 1.82) is 0 Å². The van der Waals surface area contributed by atoms with Crippen LogP contribution in [-0.2, 0) is 17.5 Å². The van der Waals surface area contributed by atoms with Crippen molar-refractivity contribution in [3.05, 3.63) is 35.4 Å². The van der Waals surface area contributed by atoms with Gasteiger partial charge in [0.05, 0.1) is 11.7 Å². The molecule has 0 atom stereocenters. The number of benzene rings is 1. The average molecular weight is 275 g/mol. The summed E-state index contributed by atoms with van der Waals surface area (Å²) >= 11 is 0. The Balaban J connectivity index is 2.30. The van der Waals surface area contributed by atoms with E-state index in [0.29, 0.717) is 18.7 Å². The predicted octanol–water partition coefficient (Wildman–Crippen LogP) is 3.61. The summed E-state index contributed by atoms with van der Waals surface area (Å²) in [4.78, 5) is 0. The minimum atomic E-state index is -4.28. The highest BCUT2D eigenvalue weighted by atomic mass is 19.4. The predicted molar refractivity (Wildman–Crippen MR) is 68.9 cm³/mol. The first-order valence-electron chi connectivity index (χ1n) is 6.38. The van der Waals surface area contributed by atoms with Crippen molar-refractivity contribution in [2.75, 3.05) is 13.2 Å². The van der Waals surface area contributed by atoms with E-state index in [-0.39, 0.29) is 6.10 Å². The van der Waals surface area contributed by atoms with Gasteiger partial charge in [-0.25, -0.2) is 0 Å². The van der Waals surface area contributed by atoms with Crippen LogP contribution in [0.25, 0.3) is 0 Å². The second-order valence-electron chi connectivity index (χ2n) is 4.65. The monoisotopic (exact) mass is 275 g/mol. The largest absolute Gasteiger partial charge is 0.416 e. The Morgan fingerprint density at radius 2 is 2.00 bits per heavy atom. The molecule has 0 radical (unpaired) electrons. The maximum absolute atomic E-state index is 12.5. The first-order valence-corrected chi connectivity index (χ1v) is 6.38. The van der Waals surface area contributed by atoms with Gasteiger partial charge in [0.1, 0.15) is 0 Å². The van der Waals surface area contributed by atoms with Crippen LogP contribution in [-0.4, -0.2) is 19.3 Å². The molecule has 5 heteroatoms. The summed E-state index contributed by atoms with van der Waals surface area (Å²) in [5, 5.41) is 3.11. The van der Waals surface area contributed by atoms with Gasteiger partial charge in [0, 0.05) is 13.2 Å². The third kappa shape index (κ3) is 6.59. The molecule has 19 heavy (non-hydrogen) atoms. The molecule has 0 spiro atoms. The Kier molecular flexibility index (Phi) is 6.31. The highest BCUT2D eigenvalue weighted by Gasteiger charge is 2.30. The molecular formula is C14H20F3NO. The van der Waals surface area contributed by atoms with E-state index in [1.54, 1.807) is 6.07 Å². The Morgan fingerprint density at radius 3 is 2.63 bits per heavy atom. The molecule has 0 saturated carbocycles. The minimum Gasteiger partial charge on any atom is -0.379 e. The first-order chi connectivity index (χ1) is 8.89. The Hall–Kier alpha value is -1.07. The normalized spacial score (nSPS) is 12.1. The van der Waals surface area contributed by atoms with Gasteiger partial charge in [-0.3, -0.25) is 0 Å². The van der Waals surface area contributed by atoms with Crippen molar-refractivity contribution in [2.45, 2.75) is 39.1 Å². The maximum Gasteiger partial charge on any atom is 0.416 e. The van der Waals surface area contributed by atoms with Gasteiger partial charge in [-0.2, -0.15) is 13.2 Å². The molecule has 0 bridgehead atoms. The Morgan fingerprint density at radius 1 is 1.26 bits per heavy atom. The third-order valence-corrected chi connectivity index (χ3v) is 2.53. The zero-order valence-electron chi connectivity index (χ0n) is 11.3. The molecule has 0 aliphatic heterocycles. The van der Waals surface area contributed by atoms with Gasteiger partial charge < -0.3 is 10.1 Å². The summed E-state index contributed by atoms with van der Waals surface area (Å²) in [6.45, 7) is 5.76. The van der Waals surface area contributed by atoms with E-state index in [2.05, 4.69) is 5.32 Å². The van der Waals surface area contributed by atoms with Gasteiger partial charge in [0.2, 0.25) is 0 Å². The topological polar surface area (TPSA) is 21.3 Å². The van der Waals surface area contributed by atoms with Crippen LogP contribution in [0.5, 0.6) is 0 Å². The van der Waals surface area contributed by atoms with Gasteiger partial charge >= 0.3 is 6.18 Å². The van der Waals surface area contributed by atoms with E-state index in [1.807, 2.05) is 13.8 Å². The summed E-state index contributed by atoms with van der Waals surface area (Å²) < 4.78 is 42.9. The first kappa shape index (κ1) is 16.0. The molecule has 0 unspecified atom stereocenters. The van der Waals surface area contributed by atoms with Crippen molar-refractivity contribution in [3.8, 4) is 0 Å². The highest BCUT2D eigenvalue weighted by Crippen LogP contribution is 2.29. The van der Waals surface area contributed by atoms with Crippen LogP contribution >= 0.6 is 0 Å². The van der Waals surface area contributed by atoms with Crippen LogP contribution in [0.4, 0.5) is 13.2 Å². The van der Waals surface area contributed by atoms with E-state index in [1.165, 1.54) is 12.1 Å². The standard InChI is InChI=1S/C14H20F3NO/c1-11(2)19-8-4-7-18-10-12-5-3-6-13(9-12)14(15,16)17/h3,5-6,9,11,18H,4,7-8,10H2,1-2H3. The van der Waals surface area contributed by atoms with Gasteiger partial charge in [0.25, 0.3) is 0 Å². The van der Waals surface area contributed by atoms with Crippen LogP contribution < -0.4 is 5.32 Å². The van der Waals surface area contributed by atoms with Crippen molar-refractivity contribution in [1.82, 2.24) is 5.32 Å². The average Bonchev–Trinajstić information content (AvgIpc) is 2.32. The lowest BCUT2D eigenvalue weighted by Gasteiger charge is -2.10. The fourth-order valence-electron chi connectivity index (χ4n) is 1.61. The number of hydrogen-bond acceptors (Lipinski definition) is 2. The Labute approximate surface area is 112 Å². The Bertz CT molecular complexity index is 377. The van der Waals surface area contributed by atoms with E-state index in [0.717, 1.165) is 19.0 Å². The summed E-state index contributed by atoms with van der Waals surface area (Å²) in [7, 11) is 0. The van der Waals surface area contributed by atoms with E-state index < -0.39 is 11.7 Å². The molecule has 0 amide bonds. The zero-order chi connectivity index (χ0) is 14.3. The van der Waals surface area contributed by atoms with Gasteiger partial charge in [-0.15, -0.1) is 0 Å². The highest BCUT2D eigenvalue weighted by molar-refractivity contribution is 5.25. The summed E-state index contributed by atoms with van der Waals surface area (Å²) in [5.74, 6) is 0. The second-order valence-corrected chi connectivity index (χ2v) is 4.65. The molecule has 0 fully saturated rings. The van der Waals surface area contributed by atoms with Crippen LogP contribution in [0.2, 0.25) is 0 Å².